The zero-order valence-corrected chi connectivity index (χ0v) is 16.7. The number of carbonyl (C=O) groups excluding carboxylic acids is 1. The van der Waals surface area contributed by atoms with Gasteiger partial charge in [0.25, 0.3) is 0 Å². The quantitative estimate of drug-likeness (QED) is 0.709. The van der Waals surface area contributed by atoms with E-state index in [9.17, 15) is 13.2 Å². The maximum absolute atomic E-state index is 13.0. The lowest BCUT2D eigenvalue weighted by Gasteiger charge is -2.33. The second-order valence-corrected chi connectivity index (χ2v) is 8.62. The number of aromatic nitrogens is 3. The molecule has 1 atom stereocenters. The smallest absolute Gasteiger partial charge is 0.243 e. The molecule has 0 aliphatic carbocycles. The molecule has 0 radical (unpaired) electrons. The van der Waals surface area contributed by atoms with E-state index >= 15 is 0 Å². The summed E-state index contributed by atoms with van der Waals surface area (Å²) in [5, 5.41) is 9.64. The van der Waals surface area contributed by atoms with E-state index in [4.69, 9.17) is 12.2 Å². The van der Waals surface area contributed by atoms with Crippen molar-refractivity contribution in [2.45, 2.75) is 50.2 Å². The van der Waals surface area contributed by atoms with Gasteiger partial charge in [-0.2, -0.15) is 9.40 Å². The summed E-state index contributed by atoms with van der Waals surface area (Å²) in [7, 11) is -3.72. The zero-order chi connectivity index (χ0) is 19.4. The lowest BCUT2D eigenvalue weighted by atomic mass is 10.0. The van der Waals surface area contributed by atoms with Crippen molar-refractivity contribution in [3.05, 3.63) is 40.9 Å². The molecule has 1 aliphatic heterocycles. The number of aromatic amines is 1. The fourth-order valence-corrected chi connectivity index (χ4v) is 5.24. The molecular weight excluding hydrogens is 386 g/mol. The highest BCUT2D eigenvalue weighted by Gasteiger charge is 2.37. The van der Waals surface area contributed by atoms with E-state index in [1.54, 1.807) is 34.9 Å². The van der Waals surface area contributed by atoms with Crippen molar-refractivity contribution in [1.82, 2.24) is 24.4 Å². The maximum Gasteiger partial charge on any atom is 0.243 e. The van der Waals surface area contributed by atoms with Crippen molar-refractivity contribution < 1.29 is 13.2 Å². The Morgan fingerprint density at radius 2 is 2.07 bits per heavy atom. The van der Waals surface area contributed by atoms with Crippen LogP contribution >= 0.6 is 12.2 Å². The van der Waals surface area contributed by atoms with Crippen LogP contribution in [0, 0.1) is 4.77 Å². The molecule has 0 saturated carbocycles. The molecule has 1 aromatic heterocycles. The highest BCUT2D eigenvalue weighted by Crippen LogP contribution is 2.25. The van der Waals surface area contributed by atoms with Gasteiger partial charge in [0.05, 0.1) is 11.4 Å². The van der Waals surface area contributed by atoms with Gasteiger partial charge in [0.2, 0.25) is 15.9 Å². The summed E-state index contributed by atoms with van der Waals surface area (Å²) < 4.78 is 29.6. The number of H-pyrrole nitrogens is 1. The fraction of sp³-hybridized carbons (Fsp3) is 0.471. The molecule has 146 valence electrons. The predicted octanol–water partition coefficient (Wildman–Crippen LogP) is 1.82. The van der Waals surface area contributed by atoms with Gasteiger partial charge in [0, 0.05) is 13.1 Å². The molecule has 8 nitrogen and oxygen atoms in total. The number of carbonyl (C=O) groups is 1. The normalized spacial score (nSPS) is 18.3. The Bertz CT molecular complexity index is 952. The highest BCUT2D eigenvalue weighted by atomic mass is 32.2. The first-order chi connectivity index (χ1) is 12.9. The summed E-state index contributed by atoms with van der Waals surface area (Å²) in [4.78, 5) is 13.0. The molecule has 2 aromatic rings. The van der Waals surface area contributed by atoms with Crippen molar-refractivity contribution in [2.24, 2.45) is 0 Å². The predicted molar refractivity (Wildman–Crippen MR) is 103 cm³/mol. The number of hydrogen-bond donors (Lipinski definition) is 2. The first kappa shape index (κ1) is 19.7. The molecule has 0 bridgehead atoms. The largest absolute Gasteiger partial charge is 0.347 e. The Hall–Kier alpha value is -2.04. The van der Waals surface area contributed by atoms with Crippen LogP contribution < -0.4 is 5.32 Å². The SMILES string of the molecule is CCn1c(CNC(=O)C2CCCCN2S(=O)(=O)c2ccccc2)n[nH]c1=S. The minimum Gasteiger partial charge on any atom is -0.347 e. The average molecular weight is 410 g/mol. The number of hydrogen-bond acceptors (Lipinski definition) is 5. The van der Waals surface area contributed by atoms with Crippen LogP contribution in [0.3, 0.4) is 0 Å². The summed E-state index contributed by atoms with van der Waals surface area (Å²) >= 11 is 5.14. The molecule has 1 amide bonds. The Morgan fingerprint density at radius 3 is 2.78 bits per heavy atom. The average Bonchev–Trinajstić information content (AvgIpc) is 3.06. The van der Waals surface area contributed by atoms with E-state index in [0.29, 0.717) is 30.1 Å². The number of piperidine rings is 1. The van der Waals surface area contributed by atoms with Crippen molar-refractivity contribution in [1.29, 1.82) is 0 Å². The van der Waals surface area contributed by atoms with Crippen molar-refractivity contribution in [3.8, 4) is 0 Å². The van der Waals surface area contributed by atoms with Crippen molar-refractivity contribution in [3.63, 3.8) is 0 Å². The molecule has 3 rings (SSSR count). The fourth-order valence-electron chi connectivity index (χ4n) is 3.28. The number of amides is 1. The first-order valence-corrected chi connectivity index (χ1v) is 10.8. The molecule has 0 spiro atoms. The van der Waals surface area contributed by atoms with Gasteiger partial charge in [-0.05, 0) is 44.1 Å². The Balaban J connectivity index is 1.77. The third-order valence-corrected chi connectivity index (χ3v) is 6.91. The summed E-state index contributed by atoms with van der Waals surface area (Å²) in [5.41, 5.74) is 0. The molecule has 10 heteroatoms. The van der Waals surface area contributed by atoms with E-state index in [2.05, 4.69) is 15.5 Å². The van der Waals surface area contributed by atoms with Gasteiger partial charge < -0.3 is 9.88 Å². The van der Waals surface area contributed by atoms with Crippen LogP contribution in [0.5, 0.6) is 0 Å². The molecule has 27 heavy (non-hydrogen) atoms. The standard InChI is InChI=1S/C17H23N5O3S2/c1-2-21-15(19-20-17(21)26)12-18-16(23)14-10-6-7-11-22(14)27(24,25)13-8-4-3-5-9-13/h3-5,8-9,14H,2,6-7,10-12H2,1H3,(H,18,23)(H,20,26). The summed E-state index contributed by atoms with van der Waals surface area (Å²) in [6, 6.07) is 7.51. The number of nitrogens with one attached hydrogen (secondary N) is 2. The molecule has 1 fully saturated rings. The van der Waals surface area contributed by atoms with Crippen LogP contribution in [0.1, 0.15) is 32.0 Å². The Morgan fingerprint density at radius 1 is 1.33 bits per heavy atom. The molecule has 1 saturated heterocycles. The second-order valence-electron chi connectivity index (χ2n) is 6.35. The number of benzene rings is 1. The number of sulfonamides is 1. The molecule has 1 aromatic carbocycles. The zero-order valence-electron chi connectivity index (χ0n) is 15.1. The van der Waals surface area contributed by atoms with Crippen LogP contribution in [-0.2, 0) is 27.9 Å². The van der Waals surface area contributed by atoms with Crippen molar-refractivity contribution >= 4 is 28.1 Å². The minimum absolute atomic E-state index is 0.190. The second kappa shape index (κ2) is 8.32. The van der Waals surface area contributed by atoms with Gasteiger partial charge in [-0.15, -0.1) is 0 Å². The third-order valence-electron chi connectivity index (χ3n) is 4.68. The maximum atomic E-state index is 13.0. The van der Waals surface area contributed by atoms with Gasteiger partial charge in [0.15, 0.2) is 10.6 Å². The van der Waals surface area contributed by atoms with Crippen LogP contribution in [0.2, 0.25) is 0 Å². The van der Waals surface area contributed by atoms with Crippen LogP contribution in [0.25, 0.3) is 0 Å². The first-order valence-electron chi connectivity index (χ1n) is 8.94. The van der Waals surface area contributed by atoms with Crippen LogP contribution in [0.4, 0.5) is 0 Å². The number of rotatable bonds is 6. The van der Waals surface area contributed by atoms with E-state index in [-0.39, 0.29) is 17.3 Å². The summed E-state index contributed by atoms with van der Waals surface area (Å²) in [6.45, 7) is 3.10. The summed E-state index contributed by atoms with van der Waals surface area (Å²) in [5.74, 6) is 0.301. The molecular formula is C17H23N5O3S2. The molecule has 1 unspecified atom stereocenters. The molecule has 1 aliphatic rings. The van der Waals surface area contributed by atoms with Crippen LogP contribution in [0.15, 0.2) is 35.2 Å². The Kier molecular flexibility index (Phi) is 6.08. The van der Waals surface area contributed by atoms with E-state index in [1.807, 2.05) is 6.92 Å². The van der Waals surface area contributed by atoms with E-state index in [1.165, 1.54) is 4.31 Å². The van der Waals surface area contributed by atoms with Gasteiger partial charge in [-0.3, -0.25) is 9.89 Å². The monoisotopic (exact) mass is 409 g/mol. The lowest BCUT2D eigenvalue weighted by molar-refractivity contribution is -0.125. The number of nitrogens with zero attached hydrogens (tertiary/aromatic N) is 3. The van der Waals surface area contributed by atoms with Gasteiger partial charge in [-0.1, -0.05) is 24.6 Å². The van der Waals surface area contributed by atoms with Gasteiger partial charge >= 0.3 is 0 Å². The van der Waals surface area contributed by atoms with E-state index in [0.717, 1.165) is 12.8 Å². The lowest BCUT2D eigenvalue weighted by Crippen LogP contribution is -2.51. The van der Waals surface area contributed by atoms with E-state index < -0.39 is 16.1 Å². The minimum atomic E-state index is -3.72. The highest BCUT2D eigenvalue weighted by molar-refractivity contribution is 7.89. The van der Waals surface area contributed by atoms with Crippen molar-refractivity contribution in [2.75, 3.05) is 6.54 Å². The van der Waals surface area contributed by atoms with Gasteiger partial charge in [0.1, 0.15) is 6.04 Å². The molecule has 2 heterocycles. The summed E-state index contributed by atoms with van der Waals surface area (Å²) in [6.07, 6.45) is 2.05. The Labute approximate surface area is 163 Å². The molecule has 2 N–H and O–H groups in total. The van der Waals surface area contributed by atoms with Crippen LogP contribution in [-0.4, -0.2) is 46.0 Å². The topological polar surface area (TPSA) is 100 Å². The van der Waals surface area contributed by atoms with Gasteiger partial charge in [-0.25, -0.2) is 8.42 Å². The third kappa shape index (κ3) is 4.12.